The summed E-state index contributed by atoms with van der Waals surface area (Å²) < 4.78 is 17.4. The molecule has 0 radical (unpaired) electrons. The van der Waals surface area contributed by atoms with E-state index in [9.17, 15) is 24.6 Å². The van der Waals surface area contributed by atoms with Gasteiger partial charge in [0.15, 0.2) is 11.5 Å². The maximum absolute atomic E-state index is 13.6. The average molecular weight is 531 g/mol. The van der Waals surface area contributed by atoms with Crippen molar-refractivity contribution in [3.05, 3.63) is 34.9 Å². The Labute approximate surface area is 222 Å². The Hall–Kier alpha value is -2.95. The molecule has 10 heteroatoms. The molecule has 1 aliphatic carbocycles. The highest BCUT2D eigenvalue weighted by molar-refractivity contribution is 5.96. The fourth-order valence-electron chi connectivity index (χ4n) is 5.63. The number of nitrogens with one attached hydrogen (secondary N) is 1. The molecule has 1 saturated heterocycles. The van der Waals surface area contributed by atoms with Crippen molar-refractivity contribution < 1.29 is 38.8 Å². The summed E-state index contributed by atoms with van der Waals surface area (Å²) in [6, 6.07) is 2.36. The lowest BCUT2D eigenvalue weighted by Gasteiger charge is -2.41. The van der Waals surface area contributed by atoms with Crippen LogP contribution in [0.1, 0.15) is 67.3 Å². The number of aldehydes is 1. The summed E-state index contributed by atoms with van der Waals surface area (Å²) in [4.78, 5) is 40.2. The van der Waals surface area contributed by atoms with E-state index in [-0.39, 0.29) is 19.1 Å². The first kappa shape index (κ1) is 28.1. The largest absolute Gasteiger partial charge is 0.493 e. The Morgan fingerprint density at radius 3 is 2.74 bits per heavy atom. The van der Waals surface area contributed by atoms with E-state index < -0.39 is 36.2 Å². The highest BCUT2D eigenvalue weighted by Crippen LogP contribution is 2.51. The third-order valence-corrected chi connectivity index (χ3v) is 7.51. The van der Waals surface area contributed by atoms with Gasteiger partial charge in [0.1, 0.15) is 24.6 Å². The fraction of sp³-hybridized carbons (Fsp3) is 0.607. The smallest absolute Gasteiger partial charge is 0.252 e. The number of carbonyl (C=O) groups is 3. The molecule has 38 heavy (non-hydrogen) atoms. The molecule has 2 amide bonds. The topological polar surface area (TPSA) is 135 Å². The van der Waals surface area contributed by atoms with Gasteiger partial charge in [-0.2, -0.15) is 0 Å². The Bertz CT molecular complexity index is 1050. The number of methoxy groups -OCH3 is 1. The van der Waals surface area contributed by atoms with E-state index in [0.29, 0.717) is 54.1 Å². The molecule has 3 N–H and O–H groups in total. The molecule has 0 bridgehead atoms. The van der Waals surface area contributed by atoms with Crippen LogP contribution < -0.4 is 14.8 Å². The Kier molecular flexibility index (Phi) is 9.40. The van der Waals surface area contributed by atoms with E-state index >= 15 is 0 Å². The number of unbranched alkanes of at least 4 members (excludes halogenated alkanes) is 3. The molecule has 0 aromatic heterocycles. The number of fused-ring (bicyclic) bond motifs is 3. The zero-order valence-corrected chi connectivity index (χ0v) is 22.1. The monoisotopic (exact) mass is 530 g/mol. The highest BCUT2D eigenvalue weighted by atomic mass is 16.5. The van der Waals surface area contributed by atoms with Crippen LogP contribution >= 0.6 is 0 Å². The highest BCUT2D eigenvalue weighted by Gasteiger charge is 2.52. The van der Waals surface area contributed by atoms with Crippen molar-refractivity contribution in [2.45, 2.75) is 75.7 Å². The van der Waals surface area contributed by atoms with Gasteiger partial charge >= 0.3 is 0 Å². The van der Waals surface area contributed by atoms with Crippen molar-refractivity contribution in [3.63, 3.8) is 0 Å². The molecule has 2 aliphatic heterocycles. The summed E-state index contributed by atoms with van der Waals surface area (Å²) in [5, 5.41) is 23.6. The molecule has 1 aromatic rings. The van der Waals surface area contributed by atoms with Gasteiger partial charge in [0.25, 0.3) is 5.91 Å². The molecule has 3 aliphatic rings. The number of benzene rings is 1. The maximum Gasteiger partial charge on any atom is 0.252 e. The first-order valence-electron chi connectivity index (χ1n) is 13.5. The van der Waals surface area contributed by atoms with Gasteiger partial charge in [0.05, 0.1) is 25.7 Å². The van der Waals surface area contributed by atoms with Crippen LogP contribution in [-0.4, -0.2) is 91.0 Å². The molecular formula is C28H38N2O8. The Balaban J connectivity index is 1.75. The number of aliphatic hydroxyl groups excluding tert-OH is 2. The van der Waals surface area contributed by atoms with Crippen LogP contribution in [0.25, 0.3) is 0 Å². The molecular weight excluding hydrogens is 492 g/mol. The second kappa shape index (κ2) is 12.7. The predicted molar refractivity (Wildman–Crippen MR) is 138 cm³/mol. The van der Waals surface area contributed by atoms with Gasteiger partial charge in [0, 0.05) is 36.4 Å². The van der Waals surface area contributed by atoms with E-state index in [2.05, 4.69) is 12.2 Å². The summed E-state index contributed by atoms with van der Waals surface area (Å²) in [6.07, 6.45) is 4.87. The van der Waals surface area contributed by atoms with Gasteiger partial charge in [-0.05, 0) is 37.5 Å². The summed E-state index contributed by atoms with van der Waals surface area (Å²) in [5.74, 6) is -0.653. The Morgan fingerprint density at radius 1 is 1.26 bits per heavy atom. The van der Waals surface area contributed by atoms with Gasteiger partial charge in [-0.15, -0.1) is 0 Å². The third kappa shape index (κ3) is 5.57. The van der Waals surface area contributed by atoms with E-state index in [1.807, 2.05) is 0 Å². The van der Waals surface area contributed by atoms with Crippen LogP contribution in [0.4, 0.5) is 0 Å². The molecule has 0 spiro atoms. The van der Waals surface area contributed by atoms with Crippen LogP contribution in [0.2, 0.25) is 0 Å². The summed E-state index contributed by atoms with van der Waals surface area (Å²) in [6.45, 7) is 2.84. The zero-order chi connectivity index (χ0) is 27.2. The second-order valence-corrected chi connectivity index (χ2v) is 10.00. The summed E-state index contributed by atoms with van der Waals surface area (Å²) in [7, 11) is 1.46. The molecule has 1 fully saturated rings. The van der Waals surface area contributed by atoms with Crippen molar-refractivity contribution in [2.24, 2.45) is 0 Å². The SMILES string of the molecule is CCCCCCN(C(=O)C1CCCO1)[C@@H]1C=C(C(=O)NCCO)[C@@H]2c3cc(C=O)cc(OC)c3O[C@@H]2[C@H]1O. The van der Waals surface area contributed by atoms with Gasteiger partial charge in [-0.1, -0.05) is 26.2 Å². The van der Waals surface area contributed by atoms with Crippen LogP contribution in [0.5, 0.6) is 11.5 Å². The maximum atomic E-state index is 13.6. The number of rotatable bonds is 12. The minimum absolute atomic E-state index is 0.0434. The average Bonchev–Trinajstić information content (AvgIpc) is 3.61. The van der Waals surface area contributed by atoms with E-state index in [1.54, 1.807) is 23.1 Å². The van der Waals surface area contributed by atoms with Crippen LogP contribution in [0, 0.1) is 0 Å². The molecule has 1 aromatic carbocycles. The van der Waals surface area contributed by atoms with Crippen molar-refractivity contribution >= 4 is 18.1 Å². The fourth-order valence-corrected chi connectivity index (χ4v) is 5.63. The van der Waals surface area contributed by atoms with Crippen LogP contribution in [0.3, 0.4) is 0 Å². The quantitative estimate of drug-likeness (QED) is 0.275. The van der Waals surface area contributed by atoms with Crippen LogP contribution in [-0.2, 0) is 14.3 Å². The molecule has 208 valence electrons. The number of carbonyl (C=O) groups excluding carboxylic acids is 3. The first-order valence-corrected chi connectivity index (χ1v) is 13.5. The van der Waals surface area contributed by atoms with Crippen LogP contribution in [0.15, 0.2) is 23.8 Å². The lowest BCUT2D eigenvalue weighted by atomic mass is 9.77. The van der Waals surface area contributed by atoms with Crippen molar-refractivity contribution in [2.75, 3.05) is 33.4 Å². The van der Waals surface area contributed by atoms with E-state index in [4.69, 9.17) is 14.2 Å². The number of hydrogen-bond donors (Lipinski definition) is 3. The second-order valence-electron chi connectivity index (χ2n) is 10.00. The van der Waals surface area contributed by atoms with Gasteiger partial charge < -0.3 is 34.6 Å². The normalized spacial score (nSPS) is 25.6. The first-order chi connectivity index (χ1) is 18.4. The minimum Gasteiger partial charge on any atom is -0.493 e. The molecule has 4 rings (SSSR count). The van der Waals surface area contributed by atoms with Crippen molar-refractivity contribution in [3.8, 4) is 11.5 Å². The number of amides is 2. The van der Waals surface area contributed by atoms with Gasteiger partial charge in [0.2, 0.25) is 5.91 Å². The number of nitrogens with zero attached hydrogens (tertiary/aromatic N) is 1. The summed E-state index contributed by atoms with van der Waals surface area (Å²) in [5.41, 5.74) is 1.21. The Morgan fingerprint density at radius 2 is 2.08 bits per heavy atom. The third-order valence-electron chi connectivity index (χ3n) is 7.51. The zero-order valence-electron chi connectivity index (χ0n) is 22.1. The molecule has 0 saturated carbocycles. The minimum atomic E-state index is -1.15. The standard InChI is InChI=1S/C28H38N2O8/c1-3-4-5-6-10-30(28(35)21-8-7-12-37-21)20-15-19(27(34)29-9-11-31)23-18-13-17(16-32)14-22(36-2)25(18)38-26(23)24(20)33/h13-16,20-21,23-24,26,31,33H,3-12H2,1-2H3,(H,29,34)/t20-,21?,23+,24+,26+/m1/s1. The number of ether oxygens (including phenoxy) is 3. The van der Waals surface area contributed by atoms with E-state index in [1.165, 1.54) is 7.11 Å². The van der Waals surface area contributed by atoms with Crippen molar-refractivity contribution in [1.82, 2.24) is 10.2 Å². The lowest BCUT2D eigenvalue weighted by Crippen LogP contribution is -2.57. The van der Waals surface area contributed by atoms with Gasteiger partial charge in [-0.25, -0.2) is 0 Å². The molecule has 5 atom stereocenters. The van der Waals surface area contributed by atoms with Gasteiger partial charge in [-0.3, -0.25) is 14.4 Å². The lowest BCUT2D eigenvalue weighted by molar-refractivity contribution is -0.146. The summed E-state index contributed by atoms with van der Waals surface area (Å²) >= 11 is 0. The molecule has 10 nitrogen and oxygen atoms in total. The number of hydrogen-bond acceptors (Lipinski definition) is 8. The van der Waals surface area contributed by atoms with Crippen molar-refractivity contribution in [1.29, 1.82) is 0 Å². The van der Waals surface area contributed by atoms with E-state index in [0.717, 1.165) is 32.1 Å². The molecule has 1 unspecified atom stereocenters. The number of aliphatic hydroxyl groups is 2. The predicted octanol–water partition coefficient (Wildman–Crippen LogP) is 1.72. The molecule has 2 heterocycles.